The predicted molar refractivity (Wildman–Crippen MR) is 136 cm³/mol. The maximum atomic E-state index is 13.2. The molecule has 0 spiro atoms. The molecule has 0 N–H and O–H groups in total. The minimum absolute atomic E-state index is 0. The molecule has 1 aromatic rings. The van der Waals surface area contributed by atoms with Gasteiger partial charge in [0, 0.05) is 43.2 Å². The second-order valence-corrected chi connectivity index (χ2v) is 14.4. The number of methoxy groups -OCH3 is 3. The molecule has 0 saturated heterocycles. The van der Waals surface area contributed by atoms with Crippen molar-refractivity contribution in [1.82, 2.24) is 0 Å². The summed E-state index contributed by atoms with van der Waals surface area (Å²) in [5, 5.41) is 10.1. The van der Waals surface area contributed by atoms with E-state index in [1.807, 2.05) is 24.3 Å². The number of benzene rings is 1. The van der Waals surface area contributed by atoms with Crippen molar-refractivity contribution in [2.24, 2.45) is 5.92 Å². The summed E-state index contributed by atoms with van der Waals surface area (Å²) < 4.78 is 49.9. The van der Waals surface area contributed by atoms with Crippen molar-refractivity contribution in [3.05, 3.63) is 67.7 Å². The number of para-hydroxylation sites is 1. The molecule has 2 atom stereocenters. The van der Waals surface area contributed by atoms with E-state index in [2.05, 4.69) is 45.7 Å². The molecule has 1 aliphatic carbocycles. The van der Waals surface area contributed by atoms with Crippen molar-refractivity contribution in [2.75, 3.05) is 34.7 Å². The quantitative estimate of drug-likeness (QED) is 0.121. The van der Waals surface area contributed by atoms with Gasteiger partial charge in [0.2, 0.25) is 0 Å². The SMILES string of the molecule is COCOc1c(OC)cccc1C1(C(C#N)C(=O)OCC[Si](C)(C)C)C=CC(OC)=CC1.[C-]#[O+].[C-]#[O+].[C-]#[O+].[Fe]. The van der Waals surface area contributed by atoms with Crippen molar-refractivity contribution in [2.45, 2.75) is 37.5 Å². The molecule has 2 rings (SSSR count). The van der Waals surface area contributed by atoms with Crippen LogP contribution in [0.3, 0.4) is 0 Å². The number of nitrogens with zero attached hydrogens (tertiary/aromatic N) is 1. The van der Waals surface area contributed by atoms with E-state index < -0.39 is 25.4 Å². The number of carbonyl (C=O) groups is 1. The zero-order chi connectivity index (χ0) is 29.8. The van der Waals surface area contributed by atoms with Gasteiger partial charge in [0.05, 0.1) is 26.9 Å². The first-order valence-electron chi connectivity index (χ1n) is 11.1. The number of rotatable bonds is 11. The molecule has 0 saturated carbocycles. The summed E-state index contributed by atoms with van der Waals surface area (Å²) in [6, 6.07) is 8.44. The van der Waals surface area contributed by atoms with Crippen molar-refractivity contribution in [3.8, 4) is 17.6 Å². The van der Waals surface area contributed by atoms with E-state index >= 15 is 0 Å². The van der Waals surface area contributed by atoms with E-state index in [1.165, 1.54) is 14.2 Å². The summed E-state index contributed by atoms with van der Waals surface area (Å²) in [7, 11) is 3.25. The van der Waals surface area contributed by atoms with Crippen LogP contribution >= 0.6 is 0 Å². The largest absolute Gasteiger partial charge is 0 e. The molecule has 39 heavy (non-hydrogen) atoms. The van der Waals surface area contributed by atoms with Gasteiger partial charge in [0.25, 0.3) is 0 Å². The summed E-state index contributed by atoms with van der Waals surface area (Å²) in [6.07, 6.45) is 5.81. The number of allylic oxidation sites excluding steroid dienone is 3. The Hall–Kier alpha value is -3.02. The molecule has 2 unspecified atom stereocenters. The molecule has 0 fully saturated rings. The van der Waals surface area contributed by atoms with Crippen LogP contribution in [0.1, 0.15) is 12.0 Å². The zero-order valence-corrected chi connectivity index (χ0v) is 24.9. The number of hydrogen-bond acceptors (Lipinski definition) is 7. The summed E-state index contributed by atoms with van der Waals surface area (Å²) in [5.74, 6) is -0.0764. The number of nitriles is 1. The second kappa shape index (κ2) is 21.9. The molecule has 0 amide bonds. The van der Waals surface area contributed by atoms with Gasteiger partial charge in [0.1, 0.15) is 5.76 Å². The van der Waals surface area contributed by atoms with Crippen molar-refractivity contribution in [3.63, 3.8) is 0 Å². The predicted octanol–water partition coefficient (Wildman–Crippen LogP) is 4.31. The fourth-order valence-corrected chi connectivity index (χ4v) is 4.30. The van der Waals surface area contributed by atoms with Crippen LogP contribution in [0.25, 0.3) is 0 Å². The second-order valence-electron chi connectivity index (χ2n) is 8.82. The molecule has 0 aliphatic heterocycles. The first-order valence-corrected chi connectivity index (χ1v) is 14.8. The van der Waals surface area contributed by atoms with Crippen LogP contribution in [-0.2, 0) is 55.4 Å². The molecule has 1 aromatic carbocycles. The normalized spacial score (nSPS) is 15.6. The van der Waals surface area contributed by atoms with Gasteiger partial charge >= 0.3 is 39.9 Å². The number of carbonyl (C=O) groups excluding carboxylic acids is 1. The Balaban J connectivity index is -0.00000173. The van der Waals surface area contributed by atoms with Gasteiger partial charge < -0.3 is 23.7 Å². The van der Waals surface area contributed by atoms with Gasteiger partial charge in [-0.2, -0.15) is 5.26 Å². The monoisotopic (exact) mass is 599 g/mol. The molecular formula is C27H33FeNO9Si. The van der Waals surface area contributed by atoms with Gasteiger partial charge in [-0.1, -0.05) is 37.8 Å². The zero-order valence-electron chi connectivity index (χ0n) is 22.8. The maximum absolute atomic E-state index is 13.2. The Morgan fingerprint density at radius 2 is 1.72 bits per heavy atom. The first-order chi connectivity index (χ1) is 18.2. The van der Waals surface area contributed by atoms with Crippen LogP contribution in [-0.4, -0.2) is 48.8 Å². The average molecular weight is 599 g/mol. The van der Waals surface area contributed by atoms with Crippen molar-refractivity contribution < 1.29 is 59.5 Å². The van der Waals surface area contributed by atoms with Gasteiger partial charge in [0.15, 0.2) is 24.2 Å². The third kappa shape index (κ3) is 12.1. The fraction of sp³-hybridized carbons (Fsp3) is 0.444. The van der Waals surface area contributed by atoms with Gasteiger partial charge in [-0.05, 0) is 30.7 Å². The van der Waals surface area contributed by atoms with Crippen LogP contribution in [0.5, 0.6) is 11.5 Å². The molecule has 212 valence electrons. The van der Waals surface area contributed by atoms with Crippen molar-refractivity contribution in [1.29, 1.82) is 5.26 Å². The maximum Gasteiger partial charge on any atom is 0 e. The standard InChI is InChI=1S/C24H33NO6Si.3CO.Fe/c1-27-17-31-22-19(8-7-9-21(22)29-3)24(12-10-18(28-2)11-13-24)20(16-25)23(26)30-14-15-32(4,5)6;3*1-2;/h7-12,20H,13-15,17H2,1-6H3;;;;. The Morgan fingerprint density at radius 1 is 1.10 bits per heavy atom. The summed E-state index contributed by atoms with van der Waals surface area (Å²) in [5.41, 5.74) is -0.379. The Morgan fingerprint density at radius 3 is 2.15 bits per heavy atom. The van der Waals surface area contributed by atoms with Crippen LogP contribution in [0.15, 0.2) is 42.2 Å². The molecule has 12 heteroatoms. The molecule has 0 aromatic heterocycles. The van der Waals surface area contributed by atoms with Crippen LogP contribution < -0.4 is 9.47 Å². The van der Waals surface area contributed by atoms with E-state index in [4.69, 9.17) is 37.6 Å². The Labute approximate surface area is 241 Å². The average Bonchev–Trinajstić information content (AvgIpc) is 2.95. The fourth-order valence-electron chi connectivity index (χ4n) is 3.59. The Kier molecular flexibility index (Phi) is 22.7. The summed E-state index contributed by atoms with van der Waals surface area (Å²) in [6.45, 7) is 20.4. The summed E-state index contributed by atoms with van der Waals surface area (Å²) >= 11 is 0. The van der Waals surface area contributed by atoms with E-state index in [-0.39, 0.29) is 23.9 Å². The van der Waals surface area contributed by atoms with E-state index in [0.717, 1.165) is 6.04 Å². The molecular weight excluding hydrogens is 566 g/mol. The van der Waals surface area contributed by atoms with E-state index in [1.54, 1.807) is 19.3 Å². The first kappa shape index (κ1) is 40.5. The third-order valence-electron chi connectivity index (χ3n) is 5.42. The van der Waals surface area contributed by atoms with Crippen LogP contribution in [0.4, 0.5) is 0 Å². The van der Waals surface area contributed by atoms with E-state index in [0.29, 0.717) is 35.8 Å². The Bertz CT molecular complexity index is 1020. The van der Waals surface area contributed by atoms with Crippen molar-refractivity contribution >= 4 is 14.0 Å². The number of ether oxygens (including phenoxy) is 5. The minimum atomic E-state index is -1.39. The number of hydrogen-bond donors (Lipinski definition) is 0. The minimum Gasteiger partial charge on any atom is 0 e. The smallest absolute Gasteiger partial charge is 0 e. The molecule has 0 bridgehead atoms. The molecule has 1 aliphatic rings. The number of esters is 1. The molecule has 0 heterocycles. The van der Waals surface area contributed by atoms with Gasteiger partial charge in [-0.3, -0.25) is 4.79 Å². The van der Waals surface area contributed by atoms with Crippen LogP contribution in [0, 0.1) is 37.2 Å². The summed E-state index contributed by atoms with van der Waals surface area (Å²) in [4.78, 5) is 13.2. The topological polar surface area (TPSA) is 147 Å². The van der Waals surface area contributed by atoms with Crippen LogP contribution in [0.2, 0.25) is 25.7 Å². The molecule has 0 radical (unpaired) electrons. The van der Waals surface area contributed by atoms with Gasteiger partial charge in [-0.15, -0.1) is 0 Å². The van der Waals surface area contributed by atoms with Gasteiger partial charge in [-0.25, -0.2) is 0 Å². The van der Waals surface area contributed by atoms with E-state index in [9.17, 15) is 10.1 Å². The third-order valence-corrected chi connectivity index (χ3v) is 7.12. The molecule has 10 nitrogen and oxygen atoms in total.